The first-order valence-corrected chi connectivity index (χ1v) is 6.93. The number of benzene rings is 1. The maximum atomic E-state index is 12.7. The average Bonchev–Trinajstić information content (AvgIpc) is 2.48. The summed E-state index contributed by atoms with van der Waals surface area (Å²) in [5, 5.41) is 1.02. The summed E-state index contributed by atoms with van der Waals surface area (Å²) in [7, 11) is 4.09. The Balaban J connectivity index is 1.91. The van der Waals surface area contributed by atoms with E-state index in [2.05, 4.69) is 21.8 Å². The molecule has 20 heavy (non-hydrogen) atoms. The molecule has 0 aliphatic carbocycles. The molecule has 1 aliphatic heterocycles. The van der Waals surface area contributed by atoms with Crippen LogP contribution in [0.15, 0.2) is 36.5 Å². The van der Waals surface area contributed by atoms with Gasteiger partial charge < -0.3 is 4.90 Å². The third kappa shape index (κ3) is 2.44. The molecular formula is C16H19N3O. The highest BCUT2D eigenvalue weighted by atomic mass is 16.1. The second kappa shape index (κ2) is 5.31. The third-order valence-corrected chi connectivity index (χ3v) is 4.04. The molecule has 4 nitrogen and oxygen atoms in total. The summed E-state index contributed by atoms with van der Waals surface area (Å²) in [5.74, 6) is 0.199. The van der Waals surface area contributed by atoms with Gasteiger partial charge in [0.15, 0.2) is 5.78 Å². The third-order valence-electron chi connectivity index (χ3n) is 4.04. The standard InChI is InChI=1S/C16H19N3O/c1-18-8-9-19(2)15(11-18)16(20)13-5-6-14-12(10-13)4-3-7-17-14/h3-7,10,15H,8-9,11H2,1-2H3. The largest absolute Gasteiger partial charge is 0.303 e. The van der Waals surface area contributed by atoms with Crippen LogP contribution >= 0.6 is 0 Å². The van der Waals surface area contributed by atoms with E-state index in [9.17, 15) is 4.79 Å². The Morgan fingerprint density at radius 1 is 1.25 bits per heavy atom. The molecule has 1 aliphatic rings. The SMILES string of the molecule is CN1CCN(C)C(C(=O)c2ccc3ncccc3c2)C1. The van der Waals surface area contributed by atoms with Crippen molar-refractivity contribution in [3.05, 3.63) is 42.1 Å². The highest BCUT2D eigenvalue weighted by Gasteiger charge is 2.29. The first kappa shape index (κ1) is 13.2. The number of pyridine rings is 1. The lowest BCUT2D eigenvalue weighted by Crippen LogP contribution is -2.53. The number of nitrogens with zero attached hydrogens (tertiary/aromatic N) is 3. The fourth-order valence-corrected chi connectivity index (χ4v) is 2.71. The van der Waals surface area contributed by atoms with Crippen molar-refractivity contribution in [2.75, 3.05) is 33.7 Å². The van der Waals surface area contributed by atoms with Gasteiger partial charge in [-0.3, -0.25) is 14.7 Å². The van der Waals surface area contributed by atoms with Gasteiger partial charge in [-0.15, -0.1) is 0 Å². The molecule has 0 N–H and O–H groups in total. The van der Waals surface area contributed by atoms with E-state index in [4.69, 9.17) is 0 Å². The average molecular weight is 269 g/mol. The molecule has 104 valence electrons. The normalized spacial score (nSPS) is 21.2. The molecule has 3 rings (SSSR count). The van der Waals surface area contributed by atoms with Crippen molar-refractivity contribution in [1.29, 1.82) is 0 Å². The van der Waals surface area contributed by atoms with Gasteiger partial charge in [0.05, 0.1) is 11.6 Å². The van der Waals surface area contributed by atoms with Crippen molar-refractivity contribution < 1.29 is 4.79 Å². The van der Waals surface area contributed by atoms with Crippen molar-refractivity contribution in [3.8, 4) is 0 Å². The first-order valence-electron chi connectivity index (χ1n) is 6.93. The number of carbonyl (C=O) groups excluding carboxylic acids is 1. The molecule has 1 aromatic heterocycles. The number of ketones is 1. The van der Waals surface area contributed by atoms with E-state index in [0.29, 0.717) is 0 Å². The zero-order valence-electron chi connectivity index (χ0n) is 11.9. The fourth-order valence-electron chi connectivity index (χ4n) is 2.71. The summed E-state index contributed by atoms with van der Waals surface area (Å²) in [5.41, 5.74) is 1.70. The van der Waals surface area contributed by atoms with E-state index in [0.717, 1.165) is 36.1 Å². The van der Waals surface area contributed by atoms with Crippen LogP contribution in [0.5, 0.6) is 0 Å². The van der Waals surface area contributed by atoms with E-state index in [1.165, 1.54) is 0 Å². The van der Waals surface area contributed by atoms with Crippen molar-refractivity contribution >= 4 is 16.7 Å². The van der Waals surface area contributed by atoms with Crippen molar-refractivity contribution in [3.63, 3.8) is 0 Å². The van der Waals surface area contributed by atoms with E-state index in [1.54, 1.807) is 6.20 Å². The van der Waals surface area contributed by atoms with Gasteiger partial charge in [0, 0.05) is 36.8 Å². The molecular weight excluding hydrogens is 250 g/mol. The number of piperazine rings is 1. The number of rotatable bonds is 2. The van der Waals surface area contributed by atoms with Crippen LogP contribution in [0.2, 0.25) is 0 Å². The maximum Gasteiger partial charge on any atom is 0.181 e. The summed E-state index contributed by atoms with van der Waals surface area (Å²) in [4.78, 5) is 21.4. The van der Waals surface area contributed by atoms with Crippen LogP contribution in [0.4, 0.5) is 0 Å². The van der Waals surface area contributed by atoms with Gasteiger partial charge in [-0.2, -0.15) is 0 Å². The Morgan fingerprint density at radius 3 is 2.95 bits per heavy atom. The molecule has 2 heterocycles. The number of Topliss-reactive ketones (excluding diaryl/α,β-unsaturated/α-hetero) is 1. The molecule has 0 radical (unpaired) electrons. The van der Waals surface area contributed by atoms with Crippen LogP contribution in [0.25, 0.3) is 10.9 Å². The molecule has 1 fully saturated rings. The lowest BCUT2D eigenvalue weighted by Gasteiger charge is -2.36. The quantitative estimate of drug-likeness (QED) is 0.777. The minimum absolute atomic E-state index is 0.0529. The summed E-state index contributed by atoms with van der Waals surface area (Å²) < 4.78 is 0. The number of carbonyl (C=O) groups is 1. The fraction of sp³-hybridized carbons (Fsp3) is 0.375. The summed E-state index contributed by atoms with van der Waals surface area (Å²) in [6.07, 6.45) is 1.77. The number of likely N-dealkylation sites (N-methyl/N-ethyl adjacent to an activating group) is 2. The Bertz CT molecular complexity index is 640. The number of aromatic nitrogens is 1. The highest BCUT2D eigenvalue weighted by molar-refractivity contribution is 6.02. The molecule has 1 unspecified atom stereocenters. The van der Waals surface area contributed by atoms with E-state index in [1.807, 2.05) is 37.4 Å². The molecule has 2 aromatic rings. The molecule has 0 saturated carbocycles. The van der Waals surface area contributed by atoms with E-state index < -0.39 is 0 Å². The van der Waals surface area contributed by atoms with Crippen molar-refractivity contribution in [2.45, 2.75) is 6.04 Å². The van der Waals surface area contributed by atoms with Crippen LogP contribution in [0, 0.1) is 0 Å². The van der Waals surface area contributed by atoms with Crippen LogP contribution in [-0.4, -0.2) is 60.3 Å². The lowest BCUT2D eigenvalue weighted by molar-refractivity contribution is 0.0686. The molecule has 0 amide bonds. The van der Waals surface area contributed by atoms with E-state index >= 15 is 0 Å². The second-order valence-electron chi connectivity index (χ2n) is 5.53. The molecule has 1 saturated heterocycles. The zero-order valence-corrected chi connectivity index (χ0v) is 11.9. The van der Waals surface area contributed by atoms with Gasteiger partial charge in [-0.05, 0) is 38.4 Å². The summed E-state index contributed by atoms with van der Waals surface area (Å²) >= 11 is 0. The van der Waals surface area contributed by atoms with Gasteiger partial charge in [-0.25, -0.2) is 0 Å². The van der Waals surface area contributed by atoms with Crippen LogP contribution < -0.4 is 0 Å². The number of hydrogen-bond acceptors (Lipinski definition) is 4. The Morgan fingerprint density at radius 2 is 2.10 bits per heavy atom. The second-order valence-corrected chi connectivity index (χ2v) is 5.53. The maximum absolute atomic E-state index is 12.7. The van der Waals surface area contributed by atoms with Gasteiger partial charge >= 0.3 is 0 Å². The summed E-state index contributed by atoms with van der Waals surface area (Å²) in [6.45, 7) is 2.74. The lowest BCUT2D eigenvalue weighted by atomic mass is 9.99. The van der Waals surface area contributed by atoms with Crippen LogP contribution in [0.3, 0.4) is 0 Å². The molecule has 1 atom stereocenters. The molecule has 0 bridgehead atoms. The molecule has 1 aromatic carbocycles. The highest BCUT2D eigenvalue weighted by Crippen LogP contribution is 2.17. The number of fused-ring (bicyclic) bond motifs is 1. The minimum Gasteiger partial charge on any atom is -0.303 e. The van der Waals surface area contributed by atoms with Crippen molar-refractivity contribution in [1.82, 2.24) is 14.8 Å². The molecule has 4 heteroatoms. The van der Waals surface area contributed by atoms with Gasteiger partial charge in [0.1, 0.15) is 0 Å². The van der Waals surface area contributed by atoms with Gasteiger partial charge in [-0.1, -0.05) is 6.07 Å². The summed E-state index contributed by atoms with van der Waals surface area (Å²) in [6, 6.07) is 9.61. The predicted octanol–water partition coefficient (Wildman–Crippen LogP) is 1.66. The van der Waals surface area contributed by atoms with Crippen molar-refractivity contribution in [2.24, 2.45) is 0 Å². The topological polar surface area (TPSA) is 36.4 Å². The van der Waals surface area contributed by atoms with Crippen LogP contribution in [-0.2, 0) is 0 Å². The number of hydrogen-bond donors (Lipinski definition) is 0. The zero-order chi connectivity index (χ0) is 14.1. The Kier molecular flexibility index (Phi) is 3.51. The van der Waals surface area contributed by atoms with Gasteiger partial charge in [0.25, 0.3) is 0 Å². The van der Waals surface area contributed by atoms with E-state index in [-0.39, 0.29) is 11.8 Å². The Hall–Kier alpha value is -1.78. The van der Waals surface area contributed by atoms with Crippen LogP contribution in [0.1, 0.15) is 10.4 Å². The first-order chi connectivity index (χ1) is 9.65. The molecule has 0 spiro atoms. The predicted molar refractivity (Wildman–Crippen MR) is 80.0 cm³/mol. The monoisotopic (exact) mass is 269 g/mol. The minimum atomic E-state index is -0.0529. The smallest absolute Gasteiger partial charge is 0.181 e. The van der Waals surface area contributed by atoms with Gasteiger partial charge in [0.2, 0.25) is 0 Å². The Labute approximate surface area is 119 Å².